The molecule has 0 saturated carbocycles. The van der Waals surface area contributed by atoms with Gasteiger partial charge < -0.3 is 24.6 Å². The van der Waals surface area contributed by atoms with Crippen molar-refractivity contribution in [3.05, 3.63) is 24.2 Å². The van der Waals surface area contributed by atoms with Crippen LogP contribution in [0.5, 0.6) is 0 Å². The first-order valence-corrected chi connectivity index (χ1v) is 11.3. The van der Waals surface area contributed by atoms with Crippen molar-refractivity contribution in [3.63, 3.8) is 0 Å². The van der Waals surface area contributed by atoms with Crippen molar-refractivity contribution in [1.29, 1.82) is 0 Å². The first-order chi connectivity index (χ1) is 14.5. The highest BCUT2D eigenvalue weighted by Gasteiger charge is 2.28. The van der Waals surface area contributed by atoms with Crippen LogP contribution in [0.1, 0.15) is 45.3 Å². The van der Waals surface area contributed by atoms with Gasteiger partial charge in [-0.3, -0.25) is 9.69 Å². The molecule has 2 aliphatic rings. The zero-order chi connectivity index (χ0) is 21.4. The largest absolute Gasteiger partial charge is 0.466 e. The number of aliphatic hydroxyl groups is 1. The molecule has 1 aromatic rings. The summed E-state index contributed by atoms with van der Waals surface area (Å²) >= 11 is 0. The molecule has 2 N–H and O–H groups in total. The van der Waals surface area contributed by atoms with Crippen molar-refractivity contribution in [1.82, 2.24) is 20.0 Å². The Labute approximate surface area is 179 Å². The highest BCUT2D eigenvalue weighted by Crippen LogP contribution is 2.21. The number of carbonyl (C=O) groups excluding carboxylic acids is 1. The lowest BCUT2D eigenvalue weighted by Gasteiger charge is -2.37. The van der Waals surface area contributed by atoms with Crippen LogP contribution < -0.4 is 5.32 Å². The van der Waals surface area contributed by atoms with Crippen LogP contribution >= 0.6 is 0 Å². The van der Waals surface area contributed by atoms with Crippen molar-refractivity contribution in [2.75, 3.05) is 58.9 Å². The number of nitrogens with one attached hydrogen (secondary N) is 1. The van der Waals surface area contributed by atoms with Crippen LogP contribution in [0.4, 0.5) is 0 Å². The Morgan fingerprint density at radius 1 is 1.13 bits per heavy atom. The summed E-state index contributed by atoms with van der Waals surface area (Å²) < 4.78 is 5.35. The maximum atomic E-state index is 12.7. The molecule has 8 nitrogen and oxygen atoms in total. The average Bonchev–Trinajstić information content (AvgIpc) is 3.16. The highest BCUT2D eigenvalue weighted by atomic mass is 16.4. The molecule has 2 fully saturated rings. The van der Waals surface area contributed by atoms with Crippen LogP contribution in [0, 0.1) is 0 Å². The van der Waals surface area contributed by atoms with Crippen molar-refractivity contribution >= 4 is 11.9 Å². The van der Waals surface area contributed by atoms with Crippen LogP contribution in [0.2, 0.25) is 0 Å². The molecule has 1 unspecified atom stereocenters. The molecule has 0 radical (unpaired) electrons. The van der Waals surface area contributed by atoms with Gasteiger partial charge in [-0.2, -0.15) is 0 Å². The molecule has 2 aliphatic heterocycles. The summed E-state index contributed by atoms with van der Waals surface area (Å²) in [7, 11) is 0. The Morgan fingerprint density at radius 3 is 2.43 bits per heavy atom. The number of likely N-dealkylation sites (tertiary alicyclic amines) is 1. The zero-order valence-corrected chi connectivity index (χ0v) is 18.5. The van der Waals surface area contributed by atoms with Gasteiger partial charge in [-0.05, 0) is 38.8 Å². The zero-order valence-electron chi connectivity index (χ0n) is 18.5. The number of rotatable bonds is 6. The first-order valence-electron chi connectivity index (χ1n) is 11.3. The normalized spacial score (nSPS) is 21.2. The third-order valence-electron chi connectivity index (χ3n) is 5.91. The number of nitrogens with zero attached hydrogens (tertiary/aromatic N) is 4. The lowest BCUT2D eigenvalue weighted by molar-refractivity contribution is -0.132. The molecule has 1 atom stereocenters. The molecule has 30 heavy (non-hydrogen) atoms. The van der Waals surface area contributed by atoms with Crippen molar-refractivity contribution in [3.8, 4) is 0 Å². The van der Waals surface area contributed by atoms with E-state index in [1.807, 2.05) is 11.8 Å². The average molecular weight is 420 g/mol. The van der Waals surface area contributed by atoms with Gasteiger partial charge in [0.1, 0.15) is 11.4 Å². The van der Waals surface area contributed by atoms with Crippen LogP contribution in [0.3, 0.4) is 0 Å². The number of guanidine groups is 1. The molecule has 8 heteroatoms. The van der Waals surface area contributed by atoms with Gasteiger partial charge in [0.05, 0.1) is 19.4 Å². The third-order valence-corrected chi connectivity index (χ3v) is 5.91. The third kappa shape index (κ3) is 6.22. The summed E-state index contributed by atoms with van der Waals surface area (Å²) in [5.74, 6) is 1.57. The lowest BCUT2D eigenvalue weighted by Crippen LogP contribution is -2.54. The Hall–Kier alpha value is -2.06. The summed E-state index contributed by atoms with van der Waals surface area (Å²) in [6.07, 6.45) is 6.29. The number of carbonyl (C=O) groups is 1. The van der Waals surface area contributed by atoms with Gasteiger partial charge in [-0.1, -0.05) is 12.8 Å². The predicted molar refractivity (Wildman–Crippen MR) is 117 cm³/mol. The number of furan rings is 1. The van der Waals surface area contributed by atoms with Gasteiger partial charge in [0.25, 0.3) is 0 Å². The fourth-order valence-electron chi connectivity index (χ4n) is 4.05. The molecule has 3 heterocycles. The number of piperazine rings is 1. The molecule has 3 rings (SSSR count). The second kappa shape index (κ2) is 10.8. The molecule has 2 saturated heterocycles. The van der Waals surface area contributed by atoms with E-state index >= 15 is 0 Å². The van der Waals surface area contributed by atoms with E-state index in [1.54, 1.807) is 25.3 Å². The maximum Gasteiger partial charge on any atom is 0.236 e. The molecular formula is C22H37N5O3. The summed E-state index contributed by atoms with van der Waals surface area (Å²) in [4.78, 5) is 23.8. The number of aliphatic imine (C=N–C) groups is 1. The molecule has 1 amide bonds. The molecule has 168 valence electrons. The van der Waals surface area contributed by atoms with Crippen molar-refractivity contribution in [2.45, 2.75) is 45.1 Å². The SMILES string of the molecule is CCNC(=NCC(C)(O)c1ccco1)N1CCN(CC(=O)N2CCCCCC2)CC1. The summed E-state index contributed by atoms with van der Waals surface area (Å²) in [6.45, 7) is 10.3. The molecule has 0 aliphatic carbocycles. The fourth-order valence-corrected chi connectivity index (χ4v) is 4.05. The Kier molecular flexibility index (Phi) is 8.16. The first kappa shape index (κ1) is 22.6. The van der Waals surface area contributed by atoms with Crippen LogP contribution in [-0.2, 0) is 10.4 Å². The molecule has 1 aromatic heterocycles. The van der Waals surface area contributed by atoms with Crippen molar-refractivity contribution in [2.24, 2.45) is 4.99 Å². The van der Waals surface area contributed by atoms with E-state index in [1.165, 1.54) is 12.8 Å². The number of amides is 1. The molecular weight excluding hydrogens is 382 g/mol. The summed E-state index contributed by atoms with van der Waals surface area (Å²) in [6, 6.07) is 3.54. The maximum absolute atomic E-state index is 12.7. The Balaban J connectivity index is 1.51. The van der Waals surface area contributed by atoms with Crippen LogP contribution in [-0.4, -0.2) is 90.6 Å². The van der Waals surface area contributed by atoms with E-state index in [0.29, 0.717) is 12.3 Å². The van der Waals surface area contributed by atoms with Gasteiger partial charge in [-0.15, -0.1) is 0 Å². The minimum Gasteiger partial charge on any atom is -0.466 e. The second-order valence-corrected chi connectivity index (χ2v) is 8.48. The second-order valence-electron chi connectivity index (χ2n) is 8.48. The predicted octanol–water partition coefficient (Wildman–Crippen LogP) is 1.47. The smallest absolute Gasteiger partial charge is 0.236 e. The Morgan fingerprint density at radius 2 is 1.83 bits per heavy atom. The topological polar surface area (TPSA) is 84.5 Å². The standard InChI is InChI=1S/C22H37N5O3/c1-3-23-21(24-18-22(2,29)19-9-8-16-30-19)27-14-12-25(13-15-27)17-20(28)26-10-6-4-5-7-11-26/h8-9,16,29H,3-7,10-15,17-18H2,1-2H3,(H,23,24). The van der Waals surface area contributed by atoms with Gasteiger partial charge in [0.2, 0.25) is 5.91 Å². The summed E-state index contributed by atoms with van der Waals surface area (Å²) in [5, 5.41) is 14.0. The van der Waals surface area contributed by atoms with E-state index in [4.69, 9.17) is 4.42 Å². The summed E-state index contributed by atoms with van der Waals surface area (Å²) in [5.41, 5.74) is -1.15. The van der Waals surface area contributed by atoms with Crippen molar-refractivity contribution < 1.29 is 14.3 Å². The van der Waals surface area contributed by atoms with Crippen LogP contribution in [0.25, 0.3) is 0 Å². The fraction of sp³-hybridized carbons (Fsp3) is 0.727. The van der Waals surface area contributed by atoms with Gasteiger partial charge in [0, 0.05) is 45.8 Å². The quantitative estimate of drug-likeness (QED) is 0.537. The monoisotopic (exact) mass is 419 g/mol. The molecule has 0 spiro atoms. The van der Waals surface area contributed by atoms with E-state index < -0.39 is 5.60 Å². The molecule has 0 bridgehead atoms. The highest BCUT2D eigenvalue weighted by molar-refractivity contribution is 5.80. The number of hydrogen-bond donors (Lipinski definition) is 2. The molecule has 0 aromatic carbocycles. The van der Waals surface area contributed by atoms with Gasteiger partial charge >= 0.3 is 0 Å². The van der Waals surface area contributed by atoms with E-state index in [-0.39, 0.29) is 12.5 Å². The minimum atomic E-state index is -1.15. The van der Waals surface area contributed by atoms with E-state index in [0.717, 1.165) is 64.6 Å². The Bertz CT molecular complexity index is 673. The van der Waals surface area contributed by atoms with Crippen LogP contribution in [0.15, 0.2) is 27.8 Å². The van der Waals surface area contributed by atoms with E-state index in [9.17, 15) is 9.90 Å². The van der Waals surface area contributed by atoms with Gasteiger partial charge in [0.15, 0.2) is 5.96 Å². The van der Waals surface area contributed by atoms with E-state index in [2.05, 4.69) is 20.1 Å². The minimum absolute atomic E-state index is 0.219. The van der Waals surface area contributed by atoms with Gasteiger partial charge in [-0.25, -0.2) is 4.99 Å². The lowest BCUT2D eigenvalue weighted by atomic mass is 10.0. The number of hydrogen-bond acceptors (Lipinski definition) is 5.